The highest BCUT2D eigenvalue weighted by Gasteiger charge is 2.47. The summed E-state index contributed by atoms with van der Waals surface area (Å²) in [4.78, 5) is 17.5. The van der Waals surface area contributed by atoms with Crippen LogP contribution in [0.1, 0.15) is 39.2 Å². The Kier molecular flexibility index (Phi) is 5.13. The molecule has 0 radical (unpaired) electrons. The molecule has 3 rings (SSSR count). The second-order valence-electron chi connectivity index (χ2n) is 8.61. The van der Waals surface area contributed by atoms with Crippen LogP contribution in [0.4, 0.5) is 4.79 Å². The molecule has 5 nitrogen and oxygen atoms in total. The first kappa shape index (κ1) is 19.2. The standard InChI is InChI=1S/C22H28N2O3/c1-16-6-5-7-17(10-16)18-11-19(13-23-12-18)27-15-22(8-9-22)14-24(20(25)26)21(2,3)4/h5-7,10-13H,8-9,14-15H2,1-4H3,(H,25,26). The van der Waals surface area contributed by atoms with E-state index in [1.54, 1.807) is 6.20 Å². The topological polar surface area (TPSA) is 62.7 Å². The van der Waals surface area contributed by atoms with E-state index in [0.717, 1.165) is 29.7 Å². The Labute approximate surface area is 161 Å². The molecule has 1 heterocycles. The number of ether oxygens (including phenoxy) is 1. The fourth-order valence-electron chi connectivity index (χ4n) is 3.17. The van der Waals surface area contributed by atoms with Gasteiger partial charge in [-0.3, -0.25) is 4.98 Å². The second-order valence-corrected chi connectivity index (χ2v) is 8.61. The van der Waals surface area contributed by atoms with E-state index in [4.69, 9.17) is 4.74 Å². The molecule has 0 aliphatic heterocycles. The average Bonchev–Trinajstić information content (AvgIpc) is 3.37. The molecule has 27 heavy (non-hydrogen) atoms. The van der Waals surface area contributed by atoms with Crippen LogP contribution in [-0.2, 0) is 0 Å². The zero-order chi connectivity index (χ0) is 19.7. The maximum atomic E-state index is 11.6. The van der Waals surface area contributed by atoms with Crippen molar-refractivity contribution in [2.45, 2.75) is 46.1 Å². The van der Waals surface area contributed by atoms with E-state index in [2.05, 4.69) is 30.1 Å². The van der Waals surface area contributed by atoms with Gasteiger partial charge in [0, 0.05) is 29.3 Å². The van der Waals surface area contributed by atoms with Gasteiger partial charge in [-0.15, -0.1) is 0 Å². The van der Waals surface area contributed by atoms with Gasteiger partial charge in [-0.1, -0.05) is 29.8 Å². The van der Waals surface area contributed by atoms with Crippen molar-refractivity contribution in [2.24, 2.45) is 5.41 Å². The van der Waals surface area contributed by atoms with Crippen LogP contribution < -0.4 is 4.74 Å². The molecule has 5 heteroatoms. The highest BCUT2D eigenvalue weighted by atomic mass is 16.5. The first-order valence-corrected chi connectivity index (χ1v) is 9.34. The lowest BCUT2D eigenvalue weighted by molar-refractivity contribution is 0.0746. The van der Waals surface area contributed by atoms with Gasteiger partial charge in [-0.2, -0.15) is 0 Å². The van der Waals surface area contributed by atoms with Gasteiger partial charge in [0.25, 0.3) is 0 Å². The number of pyridine rings is 1. The average molecular weight is 368 g/mol. The van der Waals surface area contributed by atoms with Crippen LogP contribution in [0, 0.1) is 12.3 Å². The van der Waals surface area contributed by atoms with Crippen LogP contribution in [0.2, 0.25) is 0 Å². The molecular weight excluding hydrogens is 340 g/mol. The van der Waals surface area contributed by atoms with Crippen molar-refractivity contribution in [3.8, 4) is 16.9 Å². The number of hydrogen-bond donors (Lipinski definition) is 1. The normalized spacial score (nSPS) is 15.3. The smallest absolute Gasteiger partial charge is 0.407 e. The zero-order valence-corrected chi connectivity index (χ0v) is 16.5. The summed E-state index contributed by atoms with van der Waals surface area (Å²) >= 11 is 0. The lowest BCUT2D eigenvalue weighted by atomic mass is 10.0. The van der Waals surface area contributed by atoms with Crippen LogP contribution in [0.15, 0.2) is 42.7 Å². The summed E-state index contributed by atoms with van der Waals surface area (Å²) in [7, 11) is 0. The lowest BCUT2D eigenvalue weighted by Gasteiger charge is -2.36. The maximum Gasteiger partial charge on any atom is 0.407 e. The molecule has 0 spiro atoms. The molecule has 1 aliphatic rings. The maximum absolute atomic E-state index is 11.6. The number of nitrogens with zero attached hydrogens (tertiary/aromatic N) is 2. The number of rotatable bonds is 6. The number of benzene rings is 1. The van der Waals surface area contributed by atoms with Crippen LogP contribution in [0.25, 0.3) is 11.1 Å². The molecule has 1 N–H and O–H groups in total. The molecule has 2 aromatic rings. The van der Waals surface area contributed by atoms with Crippen molar-refractivity contribution < 1.29 is 14.6 Å². The first-order valence-electron chi connectivity index (χ1n) is 9.34. The van der Waals surface area contributed by atoms with Gasteiger partial charge >= 0.3 is 6.09 Å². The molecule has 0 saturated heterocycles. The van der Waals surface area contributed by atoms with Crippen LogP contribution in [-0.4, -0.2) is 39.8 Å². The number of carbonyl (C=O) groups is 1. The lowest BCUT2D eigenvalue weighted by Crippen LogP contribution is -2.48. The van der Waals surface area contributed by atoms with Crippen LogP contribution in [0.3, 0.4) is 0 Å². The molecule has 1 amide bonds. The molecule has 1 aromatic carbocycles. The van der Waals surface area contributed by atoms with Gasteiger partial charge in [0.15, 0.2) is 0 Å². The quantitative estimate of drug-likeness (QED) is 0.780. The monoisotopic (exact) mass is 368 g/mol. The first-order chi connectivity index (χ1) is 12.7. The van der Waals surface area contributed by atoms with E-state index in [1.165, 1.54) is 10.5 Å². The third kappa shape index (κ3) is 4.79. The Balaban J connectivity index is 1.68. The molecule has 0 bridgehead atoms. The number of aromatic nitrogens is 1. The Morgan fingerprint density at radius 2 is 1.96 bits per heavy atom. The molecular formula is C22H28N2O3. The third-order valence-electron chi connectivity index (χ3n) is 5.10. The number of carboxylic acid groups (broad SMARTS) is 1. The Morgan fingerprint density at radius 1 is 1.22 bits per heavy atom. The van der Waals surface area contributed by atoms with Gasteiger partial charge in [0.1, 0.15) is 5.75 Å². The predicted molar refractivity (Wildman–Crippen MR) is 106 cm³/mol. The summed E-state index contributed by atoms with van der Waals surface area (Å²) in [6.45, 7) is 8.84. The Bertz CT molecular complexity index is 822. The van der Waals surface area contributed by atoms with E-state index in [1.807, 2.05) is 39.1 Å². The van der Waals surface area contributed by atoms with Crippen molar-refractivity contribution in [3.63, 3.8) is 0 Å². The summed E-state index contributed by atoms with van der Waals surface area (Å²) in [5, 5.41) is 9.55. The van der Waals surface area contributed by atoms with E-state index < -0.39 is 11.6 Å². The van der Waals surface area contributed by atoms with E-state index in [9.17, 15) is 9.90 Å². The van der Waals surface area contributed by atoms with Gasteiger partial charge in [0.2, 0.25) is 0 Å². The molecule has 0 atom stereocenters. The van der Waals surface area contributed by atoms with Gasteiger partial charge < -0.3 is 14.7 Å². The van der Waals surface area contributed by atoms with Crippen LogP contribution in [0.5, 0.6) is 5.75 Å². The van der Waals surface area contributed by atoms with Crippen molar-refractivity contribution >= 4 is 6.09 Å². The van der Waals surface area contributed by atoms with Gasteiger partial charge in [0.05, 0.1) is 12.8 Å². The third-order valence-corrected chi connectivity index (χ3v) is 5.10. The minimum atomic E-state index is -0.878. The molecule has 0 unspecified atom stereocenters. The fraction of sp³-hybridized carbons (Fsp3) is 0.455. The van der Waals surface area contributed by atoms with Crippen molar-refractivity contribution in [1.82, 2.24) is 9.88 Å². The van der Waals surface area contributed by atoms with E-state index in [0.29, 0.717) is 13.2 Å². The molecule has 1 aliphatic carbocycles. The van der Waals surface area contributed by atoms with E-state index in [-0.39, 0.29) is 5.41 Å². The Morgan fingerprint density at radius 3 is 2.56 bits per heavy atom. The highest BCUT2D eigenvalue weighted by Crippen LogP contribution is 2.47. The Hall–Kier alpha value is -2.56. The minimum Gasteiger partial charge on any atom is -0.491 e. The largest absolute Gasteiger partial charge is 0.491 e. The molecule has 1 saturated carbocycles. The zero-order valence-electron chi connectivity index (χ0n) is 16.5. The summed E-state index contributed by atoms with van der Waals surface area (Å²) in [5.74, 6) is 0.720. The number of amides is 1. The van der Waals surface area contributed by atoms with E-state index >= 15 is 0 Å². The SMILES string of the molecule is Cc1cccc(-c2cncc(OCC3(CN(C(=O)O)C(C)(C)C)CC3)c2)c1. The molecule has 1 fully saturated rings. The fourth-order valence-corrected chi connectivity index (χ4v) is 3.17. The predicted octanol–water partition coefficient (Wildman–Crippen LogP) is 4.99. The summed E-state index contributed by atoms with van der Waals surface area (Å²) in [6.07, 6.45) is 4.64. The summed E-state index contributed by atoms with van der Waals surface area (Å²) in [6, 6.07) is 10.3. The van der Waals surface area contributed by atoms with Gasteiger partial charge in [-0.25, -0.2) is 4.79 Å². The summed E-state index contributed by atoms with van der Waals surface area (Å²) in [5.41, 5.74) is 2.81. The van der Waals surface area contributed by atoms with Crippen LogP contribution >= 0.6 is 0 Å². The molecule has 144 valence electrons. The van der Waals surface area contributed by atoms with Crippen molar-refractivity contribution in [1.29, 1.82) is 0 Å². The van der Waals surface area contributed by atoms with Crippen molar-refractivity contribution in [2.75, 3.05) is 13.2 Å². The number of aryl methyl sites for hydroxylation is 1. The summed E-state index contributed by atoms with van der Waals surface area (Å²) < 4.78 is 6.04. The number of hydrogen-bond acceptors (Lipinski definition) is 3. The minimum absolute atomic E-state index is 0.0923. The second kappa shape index (κ2) is 7.22. The van der Waals surface area contributed by atoms with Crippen molar-refractivity contribution in [3.05, 3.63) is 48.3 Å². The molecule has 1 aromatic heterocycles. The van der Waals surface area contributed by atoms with Gasteiger partial charge in [-0.05, 0) is 52.2 Å². The highest BCUT2D eigenvalue weighted by molar-refractivity contribution is 5.66.